The number of aromatic nitrogens is 1. The van der Waals surface area contributed by atoms with Gasteiger partial charge in [0.05, 0.1) is 22.2 Å². The molecule has 0 unspecified atom stereocenters. The second-order valence-corrected chi connectivity index (χ2v) is 7.40. The van der Waals surface area contributed by atoms with Gasteiger partial charge in [-0.1, -0.05) is 23.2 Å². The van der Waals surface area contributed by atoms with Crippen LogP contribution in [-0.4, -0.2) is 34.9 Å². The van der Waals surface area contributed by atoms with E-state index in [-0.39, 0.29) is 24.4 Å². The van der Waals surface area contributed by atoms with Crippen molar-refractivity contribution in [2.45, 2.75) is 33.7 Å². The van der Waals surface area contributed by atoms with E-state index in [1.807, 2.05) is 19.9 Å². The topological polar surface area (TPSA) is 54.3 Å². The Balaban J connectivity index is 2.08. The molecule has 2 rings (SSSR count). The molecule has 140 valence electrons. The van der Waals surface area contributed by atoms with E-state index in [0.717, 1.165) is 11.4 Å². The Bertz CT molecular complexity index is 844. The van der Waals surface area contributed by atoms with Gasteiger partial charge in [-0.25, -0.2) is 0 Å². The molecule has 0 radical (unpaired) electrons. The van der Waals surface area contributed by atoms with Gasteiger partial charge in [-0.15, -0.1) is 0 Å². The highest BCUT2D eigenvalue weighted by Gasteiger charge is 2.21. The quantitative estimate of drug-likeness (QED) is 0.796. The number of nitrogens with zero attached hydrogens (tertiary/aromatic N) is 2. The van der Waals surface area contributed by atoms with Crippen molar-refractivity contribution >= 4 is 40.7 Å². The van der Waals surface area contributed by atoms with Crippen molar-refractivity contribution in [2.75, 3.05) is 18.9 Å². The van der Waals surface area contributed by atoms with Crippen LogP contribution in [0.3, 0.4) is 0 Å². The predicted molar refractivity (Wildman–Crippen MR) is 106 cm³/mol. The first-order valence-corrected chi connectivity index (χ1v) is 9.06. The molecule has 1 N–H and O–H groups in total. The monoisotopic (exact) mass is 395 g/mol. The van der Waals surface area contributed by atoms with Crippen molar-refractivity contribution in [3.05, 3.63) is 51.3 Å². The molecule has 0 aliphatic rings. The van der Waals surface area contributed by atoms with Crippen LogP contribution >= 0.6 is 23.2 Å². The average Bonchev–Trinajstić information content (AvgIpc) is 2.84. The van der Waals surface area contributed by atoms with E-state index in [1.54, 1.807) is 25.2 Å². The van der Waals surface area contributed by atoms with Gasteiger partial charge in [0.1, 0.15) is 0 Å². The maximum Gasteiger partial charge on any atom is 0.255 e. The molecule has 26 heavy (non-hydrogen) atoms. The van der Waals surface area contributed by atoms with Crippen LogP contribution in [0.1, 0.15) is 41.6 Å². The molecule has 1 aromatic heterocycles. The van der Waals surface area contributed by atoms with Crippen molar-refractivity contribution in [3.8, 4) is 0 Å². The van der Waals surface area contributed by atoms with Crippen LogP contribution < -0.4 is 5.32 Å². The number of halogens is 2. The molecular weight excluding hydrogens is 373 g/mol. The fraction of sp³-hybridized carbons (Fsp3) is 0.368. The molecule has 2 amide bonds. The van der Waals surface area contributed by atoms with Gasteiger partial charge in [-0.05, 0) is 52.0 Å². The average molecular weight is 396 g/mol. The molecule has 7 heteroatoms. The Morgan fingerprint density at radius 2 is 1.81 bits per heavy atom. The van der Waals surface area contributed by atoms with Gasteiger partial charge in [0.25, 0.3) is 5.91 Å². The molecule has 5 nitrogen and oxygen atoms in total. The van der Waals surface area contributed by atoms with Gasteiger partial charge in [0.15, 0.2) is 0 Å². The molecule has 0 saturated carbocycles. The van der Waals surface area contributed by atoms with Gasteiger partial charge < -0.3 is 14.8 Å². The molecular formula is C19H23Cl2N3O2. The number of likely N-dealkylation sites (N-methyl/N-ethyl adjacent to an activating group) is 1. The van der Waals surface area contributed by atoms with Crippen molar-refractivity contribution in [2.24, 2.45) is 0 Å². The predicted octanol–water partition coefficient (Wildman–Crippen LogP) is 4.70. The maximum absolute atomic E-state index is 12.7. The SMILES string of the molecule is Cc1cc(C(=O)N(C)CC(=O)Nc2ccc(Cl)c(Cl)c2)c(C)n1C(C)C. The van der Waals surface area contributed by atoms with Gasteiger partial charge in [0.2, 0.25) is 5.91 Å². The zero-order valence-corrected chi connectivity index (χ0v) is 17.1. The number of carbonyl (C=O) groups is 2. The van der Waals surface area contributed by atoms with E-state index < -0.39 is 0 Å². The van der Waals surface area contributed by atoms with Gasteiger partial charge >= 0.3 is 0 Å². The first-order chi connectivity index (χ1) is 12.1. The summed E-state index contributed by atoms with van der Waals surface area (Å²) in [5.41, 5.74) is 3.07. The van der Waals surface area contributed by atoms with E-state index in [2.05, 4.69) is 23.7 Å². The zero-order chi connectivity index (χ0) is 19.6. The number of rotatable bonds is 5. The van der Waals surface area contributed by atoms with Crippen molar-refractivity contribution in [1.82, 2.24) is 9.47 Å². The first-order valence-electron chi connectivity index (χ1n) is 8.30. The van der Waals surface area contributed by atoms with E-state index in [9.17, 15) is 9.59 Å². The molecule has 0 saturated heterocycles. The summed E-state index contributed by atoms with van der Waals surface area (Å²) in [6.07, 6.45) is 0. The van der Waals surface area contributed by atoms with Crippen LogP contribution in [-0.2, 0) is 4.79 Å². The minimum Gasteiger partial charge on any atom is -0.346 e. The molecule has 1 heterocycles. The van der Waals surface area contributed by atoms with Crippen molar-refractivity contribution < 1.29 is 9.59 Å². The van der Waals surface area contributed by atoms with Crippen LogP contribution in [0.25, 0.3) is 0 Å². The lowest BCUT2D eigenvalue weighted by atomic mass is 10.2. The lowest BCUT2D eigenvalue weighted by Gasteiger charge is -2.18. The molecule has 2 aromatic rings. The van der Waals surface area contributed by atoms with Crippen LogP contribution in [0, 0.1) is 13.8 Å². The van der Waals surface area contributed by atoms with Crippen LogP contribution in [0.4, 0.5) is 5.69 Å². The van der Waals surface area contributed by atoms with E-state index in [0.29, 0.717) is 21.3 Å². The number of nitrogens with one attached hydrogen (secondary N) is 1. The second-order valence-electron chi connectivity index (χ2n) is 6.59. The third kappa shape index (κ3) is 4.40. The molecule has 0 bridgehead atoms. The fourth-order valence-electron chi connectivity index (χ4n) is 3.06. The largest absolute Gasteiger partial charge is 0.346 e. The highest BCUT2D eigenvalue weighted by Crippen LogP contribution is 2.25. The highest BCUT2D eigenvalue weighted by atomic mass is 35.5. The third-order valence-corrected chi connectivity index (χ3v) is 4.90. The smallest absolute Gasteiger partial charge is 0.255 e. The number of hydrogen-bond donors (Lipinski definition) is 1. The number of benzene rings is 1. The number of hydrogen-bond acceptors (Lipinski definition) is 2. The Labute approximate surface area is 163 Å². The van der Waals surface area contributed by atoms with Crippen LogP contribution in [0.15, 0.2) is 24.3 Å². The molecule has 0 fully saturated rings. The summed E-state index contributed by atoms with van der Waals surface area (Å²) in [5.74, 6) is -0.494. The lowest BCUT2D eigenvalue weighted by Crippen LogP contribution is -2.35. The van der Waals surface area contributed by atoms with Gasteiger partial charge in [-0.3, -0.25) is 9.59 Å². The third-order valence-electron chi connectivity index (χ3n) is 4.16. The second kappa shape index (κ2) is 8.14. The molecule has 0 spiro atoms. The summed E-state index contributed by atoms with van der Waals surface area (Å²) in [5, 5.41) is 3.49. The van der Waals surface area contributed by atoms with E-state index in [4.69, 9.17) is 23.2 Å². The van der Waals surface area contributed by atoms with Crippen LogP contribution in [0.5, 0.6) is 0 Å². The summed E-state index contributed by atoms with van der Waals surface area (Å²) < 4.78 is 2.11. The van der Waals surface area contributed by atoms with E-state index in [1.165, 1.54) is 4.90 Å². The number of carbonyl (C=O) groups excluding carboxylic acids is 2. The summed E-state index contributed by atoms with van der Waals surface area (Å²) in [6.45, 7) is 7.97. The van der Waals surface area contributed by atoms with Crippen molar-refractivity contribution in [1.29, 1.82) is 0 Å². The summed E-state index contributed by atoms with van der Waals surface area (Å²) >= 11 is 11.8. The number of amides is 2. The summed E-state index contributed by atoms with van der Waals surface area (Å²) in [7, 11) is 1.61. The molecule has 0 aliphatic carbocycles. The Kier molecular flexibility index (Phi) is 6.37. The normalized spacial score (nSPS) is 10.9. The molecule has 1 aromatic carbocycles. The maximum atomic E-state index is 12.7. The van der Waals surface area contributed by atoms with Crippen LogP contribution in [0.2, 0.25) is 10.0 Å². The summed E-state index contributed by atoms with van der Waals surface area (Å²) in [4.78, 5) is 26.4. The summed E-state index contributed by atoms with van der Waals surface area (Å²) in [6, 6.07) is 6.96. The fourth-order valence-corrected chi connectivity index (χ4v) is 3.35. The molecule has 0 atom stereocenters. The number of anilines is 1. The Hall–Kier alpha value is -1.98. The minimum absolute atomic E-state index is 0.0651. The number of aryl methyl sites for hydroxylation is 1. The van der Waals surface area contributed by atoms with Gasteiger partial charge in [0, 0.05) is 30.2 Å². The zero-order valence-electron chi connectivity index (χ0n) is 15.6. The van der Waals surface area contributed by atoms with Crippen molar-refractivity contribution in [3.63, 3.8) is 0 Å². The Morgan fingerprint density at radius 1 is 1.15 bits per heavy atom. The van der Waals surface area contributed by atoms with E-state index >= 15 is 0 Å². The first kappa shape index (κ1) is 20.3. The highest BCUT2D eigenvalue weighted by molar-refractivity contribution is 6.42. The Morgan fingerprint density at radius 3 is 2.35 bits per heavy atom. The standard InChI is InChI=1S/C19H23Cl2N3O2/c1-11(2)24-12(3)8-15(13(24)4)19(26)23(5)10-18(25)22-14-6-7-16(20)17(21)9-14/h6-9,11H,10H2,1-5H3,(H,22,25). The molecule has 0 aliphatic heterocycles. The minimum atomic E-state index is -0.308. The van der Waals surface area contributed by atoms with Gasteiger partial charge in [-0.2, -0.15) is 0 Å². The lowest BCUT2D eigenvalue weighted by molar-refractivity contribution is -0.116.